The number of hydrogen-bond acceptors (Lipinski definition) is 3. The molecule has 0 radical (unpaired) electrons. The molecule has 0 aliphatic heterocycles. The molecule has 0 saturated heterocycles. The van der Waals surface area contributed by atoms with Gasteiger partial charge >= 0.3 is 0 Å². The third-order valence-corrected chi connectivity index (χ3v) is 2.56. The minimum absolute atomic E-state index is 0.0658. The fourth-order valence-electron chi connectivity index (χ4n) is 1.85. The predicted octanol–water partition coefficient (Wildman–Crippen LogP) is 0.979. The number of hydrogen-bond donors (Lipinski definition) is 3. The molecule has 1 aromatic heterocycles. The molecule has 0 aliphatic rings. The van der Waals surface area contributed by atoms with Crippen LogP contribution in [0, 0.1) is 0 Å². The Labute approximate surface area is 102 Å². The zero-order valence-corrected chi connectivity index (χ0v) is 10.6. The number of carbonyl (C=O) groups is 1. The van der Waals surface area contributed by atoms with Crippen molar-refractivity contribution in [2.75, 3.05) is 5.73 Å². The van der Waals surface area contributed by atoms with Gasteiger partial charge in [-0.2, -0.15) is 0 Å². The van der Waals surface area contributed by atoms with Gasteiger partial charge in [-0.15, -0.1) is 0 Å². The third-order valence-electron chi connectivity index (χ3n) is 2.56. The van der Waals surface area contributed by atoms with E-state index >= 15 is 0 Å². The lowest BCUT2D eigenvalue weighted by Gasteiger charge is -2.15. The molecular weight excluding hydrogens is 218 g/mol. The van der Waals surface area contributed by atoms with E-state index in [0.29, 0.717) is 24.3 Å². The van der Waals surface area contributed by atoms with Crippen LogP contribution in [0.5, 0.6) is 0 Å². The van der Waals surface area contributed by atoms with E-state index < -0.39 is 6.10 Å². The molecule has 0 aliphatic carbocycles. The number of aryl methyl sites for hydroxylation is 1. The van der Waals surface area contributed by atoms with E-state index in [4.69, 9.17) is 5.73 Å². The quantitative estimate of drug-likeness (QED) is 0.716. The summed E-state index contributed by atoms with van der Waals surface area (Å²) in [5.74, 6) is -0.156. The molecule has 0 spiro atoms. The van der Waals surface area contributed by atoms with Crippen molar-refractivity contribution in [3.63, 3.8) is 0 Å². The molecule has 1 rings (SSSR count). The highest BCUT2D eigenvalue weighted by Gasteiger charge is 2.15. The summed E-state index contributed by atoms with van der Waals surface area (Å²) >= 11 is 0. The van der Waals surface area contributed by atoms with Gasteiger partial charge in [0.15, 0.2) is 0 Å². The van der Waals surface area contributed by atoms with Gasteiger partial charge in [0.1, 0.15) is 5.69 Å². The first-order chi connectivity index (χ1) is 7.93. The number of anilines is 1. The molecular formula is C12H21N3O2. The van der Waals surface area contributed by atoms with Crippen molar-refractivity contribution in [1.82, 2.24) is 9.88 Å². The van der Waals surface area contributed by atoms with Crippen LogP contribution < -0.4 is 11.1 Å². The van der Waals surface area contributed by atoms with Crippen molar-refractivity contribution in [2.45, 2.75) is 45.9 Å². The van der Waals surface area contributed by atoms with Crippen LogP contribution in [0.3, 0.4) is 0 Å². The van der Waals surface area contributed by atoms with Gasteiger partial charge in [-0.1, -0.05) is 0 Å². The van der Waals surface area contributed by atoms with Crippen molar-refractivity contribution in [2.24, 2.45) is 0 Å². The molecule has 2 unspecified atom stereocenters. The average Bonchev–Trinajstić information content (AvgIpc) is 2.58. The lowest BCUT2D eigenvalue weighted by molar-refractivity contribution is 0.0914. The molecule has 5 nitrogen and oxygen atoms in total. The average molecular weight is 239 g/mol. The Morgan fingerprint density at radius 3 is 2.76 bits per heavy atom. The van der Waals surface area contributed by atoms with Crippen LogP contribution in [0.1, 0.15) is 37.7 Å². The maximum Gasteiger partial charge on any atom is 0.268 e. The Hall–Kier alpha value is -1.49. The first-order valence-corrected chi connectivity index (χ1v) is 5.88. The number of carbonyl (C=O) groups excluding carboxylic acids is 1. The monoisotopic (exact) mass is 239 g/mol. The Morgan fingerprint density at radius 2 is 2.24 bits per heavy atom. The second-order valence-electron chi connectivity index (χ2n) is 4.40. The van der Waals surface area contributed by atoms with Crippen molar-refractivity contribution < 1.29 is 9.90 Å². The Morgan fingerprint density at radius 1 is 1.59 bits per heavy atom. The van der Waals surface area contributed by atoms with Crippen molar-refractivity contribution in [1.29, 1.82) is 0 Å². The molecule has 17 heavy (non-hydrogen) atoms. The molecule has 1 heterocycles. The second-order valence-corrected chi connectivity index (χ2v) is 4.40. The second kappa shape index (κ2) is 5.72. The van der Waals surface area contributed by atoms with Crippen LogP contribution in [-0.2, 0) is 6.54 Å². The zero-order valence-electron chi connectivity index (χ0n) is 10.6. The fraction of sp³-hybridized carbons (Fsp3) is 0.583. The fourth-order valence-corrected chi connectivity index (χ4v) is 1.85. The molecule has 96 valence electrons. The van der Waals surface area contributed by atoms with Gasteiger partial charge in [-0.05, 0) is 33.3 Å². The number of rotatable bonds is 5. The van der Waals surface area contributed by atoms with Crippen LogP contribution in [0.15, 0.2) is 12.3 Å². The van der Waals surface area contributed by atoms with E-state index in [1.807, 2.05) is 13.8 Å². The van der Waals surface area contributed by atoms with Crippen molar-refractivity contribution in [3.8, 4) is 0 Å². The van der Waals surface area contributed by atoms with E-state index in [1.54, 1.807) is 23.8 Å². The first kappa shape index (κ1) is 13.6. The number of amides is 1. The lowest BCUT2D eigenvalue weighted by Crippen LogP contribution is -2.35. The number of nitrogens with one attached hydrogen (secondary N) is 1. The van der Waals surface area contributed by atoms with Crippen LogP contribution in [0.2, 0.25) is 0 Å². The van der Waals surface area contributed by atoms with Crippen LogP contribution in [0.25, 0.3) is 0 Å². The number of nitrogen functional groups attached to an aromatic ring is 1. The zero-order chi connectivity index (χ0) is 13.0. The summed E-state index contributed by atoms with van der Waals surface area (Å²) in [4.78, 5) is 12.0. The van der Waals surface area contributed by atoms with Gasteiger partial charge in [-0.3, -0.25) is 4.79 Å². The Kier molecular flexibility index (Phi) is 4.57. The SMILES string of the molecule is CCn1cc(N)cc1C(=O)NC(C)CC(C)O. The van der Waals surface area contributed by atoms with E-state index in [-0.39, 0.29) is 11.9 Å². The Bertz CT molecular complexity index is 385. The maximum atomic E-state index is 12.0. The molecule has 0 fully saturated rings. The minimum atomic E-state index is -0.423. The van der Waals surface area contributed by atoms with Crippen molar-refractivity contribution >= 4 is 11.6 Å². The first-order valence-electron chi connectivity index (χ1n) is 5.88. The molecule has 5 heteroatoms. The smallest absolute Gasteiger partial charge is 0.268 e. The summed E-state index contributed by atoms with van der Waals surface area (Å²) < 4.78 is 1.81. The molecule has 1 amide bonds. The van der Waals surface area contributed by atoms with Gasteiger partial charge < -0.3 is 20.7 Å². The summed E-state index contributed by atoms with van der Waals surface area (Å²) in [7, 11) is 0. The Balaban J connectivity index is 2.69. The van der Waals surface area contributed by atoms with Gasteiger partial charge in [-0.25, -0.2) is 0 Å². The van der Waals surface area contributed by atoms with E-state index in [0.717, 1.165) is 0 Å². The molecule has 1 aromatic rings. The number of nitrogens with two attached hydrogens (primary N) is 1. The summed E-state index contributed by atoms with van der Waals surface area (Å²) in [5.41, 5.74) is 6.80. The van der Waals surface area contributed by atoms with Crippen LogP contribution in [0.4, 0.5) is 5.69 Å². The van der Waals surface area contributed by atoms with Crippen molar-refractivity contribution in [3.05, 3.63) is 18.0 Å². The van der Waals surface area contributed by atoms with Crippen LogP contribution >= 0.6 is 0 Å². The molecule has 4 N–H and O–H groups in total. The maximum absolute atomic E-state index is 12.0. The molecule has 2 atom stereocenters. The minimum Gasteiger partial charge on any atom is -0.397 e. The normalized spacial score (nSPS) is 14.4. The van der Waals surface area contributed by atoms with Crippen LogP contribution in [-0.4, -0.2) is 27.7 Å². The third kappa shape index (κ3) is 3.78. The highest BCUT2D eigenvalue weighted by atomic mass is 16.3. The highest BCUT2D eigenvalue weighted by Crippen LogP contribution is 2.11. The van der Waals surface area contributed by atoms with E-state index in [2.05, 4.69) is 5.32 Å². The van der Waals surface area contributed by atoms with Gasteiger partial charge in [0.2, 0.25) is 0 Å². The van der Waals surface area contributed by atoms with Gasteiger partial charge in [0, 0.05) is 18.8 Å². The summed E-state index contributed by atoms with van der Waals surface area (Å²) in [6.45, 7) is 6.22. The van der Waals surface area contributed by atoms with E-state index in [9.17, 15) is 9.90 Å². The lowest BCUT2D eigenvalue weighted by atomic mass is 10.1. The summed E-state index contributed by atoms with van der Waals surface area (Å²) in [6, 6.07) is 1.59. The highest BCUT2D eigenvalue weighted by molar-refractivity contribution is 5.94. The molecule has 0 aromatic carbocycles. The number of nitrogens with zero attached hydrogens (tertiary/aromatic N) is 1. The van der Waals surface area contributed by atoms with Gasteiger partial charge in [0.05, 0.1) is 11.8 Å². The summed E-state index contributed by atoms with van der Waals surface area (Å²) in [6.07, 6.45) is 1.86. The van der Waals surface area contributed by atoms with E-state index in [1.165, 1.54) is 0 Å². The number of aliphatic hydroxyl groups excluding tert-OH is 1. The number of aromatic nitrogens is 1. The standard InChI is InChI=1S/C12H21N3O2/c1-4-15-7-10(13)6-11(15)12(17)14-8(2)5-9(3)16/h6-9,16H,4-5,13H2,1-3H3,(H,14,17). The van der Waals surface area contributed by atoms with Gasteiger partial charge in [0.25, 0.3) is 5.91 Å². The number of aliphatic hydroxyl groups is 1. The molecule has 0 bridgehead atoms. The predicted molar refractivity (Wildman–Crippen MR) is 67.7 cm³/mol. The summed E-state index contributed by atoms with van der Waals surface area (Å²) in [5, 5.41) is 12.1. The topological polar surface area (TPSA) is 80.3 Å². The molecule has 0 saturated carbocycles. The largest absolute Gasteiger partial charge is 0.397 e.